The van der Waals surface area contributed by atoms with Gasteiger partial charge in [-0.3, -0.25) is 5.32 Å². The molecule has 0 heterocycles. The van der Waals surface area contributed by atoms with E-state index in [0.717, 1.165) is 16.8 Å². The van der Waals surface area contributed by atoms with Crippen LogP contribution in [0.25, 0.3) is 10.8 Å². The van der Waals surface area contributed by atoms with Gasteiger partial charge in [0.2, 0.25) is 0 Å². The Hall–Kier alpha value is -2.88. The highest BCUT2D eigenvalue weighted by Gasteiger charge is 2.31. The van der Waals surface area contributed by atoms with Crippen LogP contribution in [0, 0.1) is 0 Å². The second kappa shape index (κ2) is 12.7. The van der Waals surface area contributed by atoms with Crippen LogP contribution in [-0.2, 0) is 14.3 Å². The summed E-state index contributed by atoms with van der Waals surface area (Å²) >= 11 is 6.74. The Bertz CT molecular complexity index is 1220. The number of allylic oxidation sites excluding steroid dienone is 1. The lowest BCUT2D eigenvalue weighted by atomic mass is 9.99. The van der Waals surface area contributed by atoms with Crippen LogP contribution in [0.2, 0.25) is 0 Å². The van der Waals surface area contributed by atoms with E-state index in [2.05, 4.69) is 37.2 Å². The number of rotatable bonds is 10. The first-order valence-electron chi connectivity index (χ1n) is 10.9. The normalized spacial score (nSPS) is 13.0. The predicted octanol–water partition coefficient (Wildman–Crippen LogP) is 7.19. The van der Waals surface area contributed by atoms with Gasteiger partial charge in [0.15, 0.2) is 6.10 Å². The summed E-state index contributed by atoms with van der Waals surface area (Å²) in [5, 5.41) is 24.3. The van der Waals surface area contributed by atoms with E-state index in [1.807, 2.05) is 43.3 Å². The molecular weight excluding hydrogens is 582 g/mol. The monoisotopic (exact) mass is 605 g/mol. The molecule has 1 amide bonds. The van der Waals surface area contributed by atoms with Crippen molar-refractivity contribution < 1.29 is 29.3 Å². The lowest BCUT2D eigenvalue weighted by molar-refractivity contribution is -0.131. The average Bonchev–Trinajstić information content (AvgIpc) is 2.82. The summed E-state index contributed by atoms with van der Waals surface area (Å²) in [6, 6.07) is 16.5. The summed E-state index contributed by atoms with van der Waals surface area (Å²) in [5.41, 5.74) is 0.934. The van der Waals surface area contributed by atoms with Crippen molar-refractivity contribution in [2.24, 2.45) is 0 Å². The number of benzene rings is 3. The molecule has 35 heavy (non-hydrogen) atoms. The molecule has 0 spiro atoms. The Morgan fingerprint density at radius 1 is 1.11 bits per heavy atom. The predicted molar refractivity (Wildman–Crippen MR) is 142 cm³/mol. The van der Waals surface area contributed by atoms with Gasteiger partial charge < -0.3 is 19.7 Å². The summed E-state index contributed by atoms with van der Waals surface area (Å²) in [5.74, 6) is -1.13. The van der Waals surface area contributed by atoms with Crippen molar-refractivity contribution in [3.8, 4) is 5.75 Å². The highest BCUT2D eigenvalue weighted by Crippen LogP contribution is 2.40. The van der Waals surface area contributed by atoms with Crippen LogP contribution >= 0.6 is 31.9 Å². The van der Waals surface area contributed by atoms with Crippen molar-refractivity contribution >= 4 is 60.4 Å². The van der Waals surface area contributed by atoms with Crippen LogP contribution < -0.4 is 5.32 Å². The highest BCUT2D eigenvalue weighted by atomic mass is 79.9. The molecule has 3 N–H and O–H groups in total. The summed E-state index contributed by atoms with van der Waals surface area (Å²) in [7, 11) is 0. The maximum absolute atomic E-state index is 13.1. The molecule has 0 radical (unpaired) electrons. The molecule has 0 aliphatic heterocycles. The average molecular weight is 607 g/mol. The third kappa shape index (κ3) is 7.30. The number of amides is 1. The molecule has 0 aliphatic carbocycles. The molecule has 0 bridgehead atoms. The lowest BCUT2D eigenvalue weighted by Crippen LogP contribution is -2.29. The number of anilines is 1. The van der Waals surface area contributed by atoms with E-state index in [9.17, 15) is 14.7 Å². The highest BCUT2D eigenvalue weighted by molar-refractivity contribution is 9.11. The maximum Gasteiger partial charge on any atom is 0.412 e. The molecule has 0 aliphatic rings. The van der Waals surface area contributed by atoms with Gasteiger partial charge in [-0.25, -0.2) is 9.59 Å². The number of ether oxygens (including phenoxy) is 2. The van der Waals surface area contributed by atoms with Crippen LogP contribution in [0.3, 0.4) is 0 Å². The first kappa shape index (κ1) is 26.7. The largest absolute Gasteiger partial charge is 0.506 e. The summed E-state index contributed by atoms with van der Waals surface area (Å²) in [4.78, 5) is 23.9. The van der Waals surface area contributed by atoms with Gasteiger partial charge in [0, 0.05) is 28.1 Å². The van der Waals surface area contributed by atoms with E-state index in [-0.39, 0.29) is 5.75 Å². The first-order chi connectivity index (χ1) is 16.8. The number of carboxylic acids is 1. The number of carbonyl (C=O) groups excluding carboxylic acids is 1. The van der Waals surface area contributed by atoms with Crippen LogP contribution in [0.5, 0.6) is 5.75 Å². The van der Waals surface area contributed by atoms with Crippen molar-refractivity contribution in [1.29, 1.82) is 0 Å². The molecule has 9 heteroatoms. The second-order valence-corrected chi connectivity index (χ2v) is 9.38. The van der Waals surface area contributed by atoms with Gasteiger partial charge in [0.1, 0.15) is 5.75 Å². The fourth-order valence-corrected chi connectivity index (χ4v) is 4.97. The number of phenols is 1. The third-order valence-electron chi connectivity index (χ3n) is 5.22. The Labute approximate surface area is 220 Å². The number of halogens is 2. The van der Waals surface area contributed by atoms with Gasteiger partial charge in [0.25, 0.3) is 0 Å². The molecule has 3 aromatic rings. The molecule has 184 valence electrons. The number of aliphatic carboxylic acids is 1. The molecule has 0 fully saturated rings. The van der Waals surface area contributed by atoms with E-state index < -0.39 is 24.3 Å². The summed E-state index contributed by atoms with van der Waals surface area (Å²) < 4.78 is 12.8. The fraction of sp³-hybridized carbons (Fsp3) is 0.231. The van der Waals surface area contributed by atoms with E-state index in [4.69, 9.17) is 14.6 Å². The Kier molecular flexibility index (Phi) is 9.71. The second-order valence-electron chi connectivity index (χ2n) is 7.61. The van der Waals surface area contributed by atoms with E-state index in [1.54, 1.807) is 18.2 Å². The zero-order valence-electron chi connectivity index (χ0n) is 18.9. The summed E-state index contributed by atoms with van der Waals surface area (Å²) in [6.45, 7) is 2.14. The SMILES string of the molecule is CCO[C@@H](CC/C=C/C(=O)O)[C@@H](OC(=O)Nc1cccc2ccccc12)c1cc(Br)cc(Br)c1O. The number of fused-ring (bicyclic) bond motifs is 1. The zero-order chi connectivity index (χ0) is 25.4. The number of aromatic hydroxyl groups is 1. The topological polar surface area (TPSA) is 105 Å². The standard InChI is InChI=1S/C26H25Br2NO6/c1-2-34-22(12-5-6-13-23(30)31)25(19-14-17(27)15-20(28)24(19)32)35-26(33)29-21-11-7-9-16-8-3-4-10-18(16)21/h3-4,6-11,13-15,22,25,32H,2,5,12H2,1H3,(H,29,33)(H,30,31)/b13-6+/t22-,25-/m0/s1. The van der Waals surface area contributed by atoms with E-state index in [1.165, 1.54) is 6.08 Å². The van der Waals surface area contributed by atoms with Gasteiger partial charge in [0.05, 0.1) is 16.3 Å². The lowest BCUT2D eigenvalue weighted by Gasteiger charge is -2.28. The molecule has 0 saturated heterocycles. The molecule has 0 saturated carbocycles. The Morgan fingerprint density at radius 3 is 2.60 bits per heavy atom. The van der Waals surface area contributed by atoms with Crippen molar-refractivity contribution in [1.82, 2.24) is 0 Å². The quantitative estimate of drug-likeness (QED) is 0.211. The van der Waals surface area contributed by atoms with Crippen molar-refractivity contribution in [2.75, 3.05) is 11.9 Å². The van der Waals surface area contributed by atoms with Gasteiger partial charge in [-0.2, -0.15) is 0 Å². The number of hydrogen-bond donors (Lipinski definition) is 3. The van der Waals surface area contributed by atoms with Crippen molar-refractivity contribution in [3.63, 3.8) is 0 Å². The number of phenolic OH excluding ortho intramolecular Hbond substituents is 1. The maximum atomic E-state index is 13.1. The van der Waals surface area contributed by atoms with E-state index >= 15 is 0 Å². The van der Waals surface area contributed by atoms with E-state index in [0.29, 0.717) is 39.6 Å². The third-order valence-corrected chi connectivity index (χ3v) is 6.28. The van der Waals surface area contributed by atoms with Crippen LogP contribution in [0.4, 0.5) is 10.5 Å². The number of nitrogens with one attached hydrogen (secondary N) is 1. The van der Waals surface area contributed by atoms with Crippen molar-refractivity contribution in [2.45, 2.75) is 32.0 Å². The Morgan fingerprint density at radius 2 is 1.86 bits per heavy atom. The number of hydrogen-bond acceptors (Lipinski definition) is 5. The van der Waals surface area contributed by atoms with Gasteiger partial charge in [-0.05, 0) is 59.3 Å². The molecular formula is C26H25Br2NO6. The Balaban J connectivity index is 1.92. The minimum Gasteiger partial charge on any atom is -0.506 e. The first-order valence-corrected chi connectivity index (χ1v) is 12.5. The van der Waals surface area contributed by atoms with Gasteiger partial charge >= 0.3 is 12.1 Å². The van der Waals surface area contributed by atoms with Crippen molar-refractivity contribution in [3.05, 3.63) is 81.3 Å². The molecule has 2 atom stereocenters. The fourth-order valence-electron chi connectivity index (χ4n) is 3.71. The molecule has 7 nitrogen and oxygen atoms in total. The number of carboxylic acid groups (broad SMARTS) is 1. The zero-order valence-corrected chi connectivity index (χ0v) is 22.1. The van der Waals surface area contributed by atoms with Gasteiger partial charge in [-0.15, -0.1) is 0 Å². The molecule has 0 unspecified atom stereocenters. The smallest absolute Gasteiger partial charge is 0.412 e. The minimum atomic E-state index is -1.05. The molecule has 3 aromatic carbocycles. The van der Waals surface area contributed by atoms with Crippen LogP contribution in [-0.4, -0.2) is 35.0 Å². The van der Waals surface area contributed by atoms with Gasteiger partial charge in [-0.1, -0.05) is 58.4 Å². The minimum absolute atomic E-state index is 0.0815. The van der Waals surface area contributed by atoms with Crippen LogP contribution in [0.15, 0.2) is 75.7 Å². The van der Waals surface area contributed by atoms with Crippen LogP contribution in [0.1, 0.15) is 31.4 Å². The number of carbonyl (C=O) groups is 2. The molecule has 0 aromatic heterocycles. The summed E-state index contributed by atoms with van der Waals surface area (Å²) in [6.07, 6.45) is 0.955. The molecule has 3 rings (SSSR count).